The molecule has 0 aliphatic rings. The van der Waals surface area contributed by atoms with E-state index in [1.165, 1.54) is 5.56 Å². The second-order valence-electron chi connectivity index (χ2n) is 7.72. The molecular weight excluding hydrogens is 513 g/mol. The van der Waals surface area contributed by atoms with E-state index < -0.39 is 0 Å². The van der Waals surface area contributed by atoms with Gasteiger partial charge >= 0.3 is 0 Å². The van der Waals surface area contributed by atoms with E-state index in [1.807, 2.05) is 36.0 Å². The highest BCUT2D eigenvalue weighted by Crippen LogP contribution is 2.17. The summed E-state index contributed by atoms with van der Waals surface area (Å²) in [5, 5.41) is 11.4. The first-order valence-electron chi connectivity index (χ1n) is 10.5. The molecule has 0 spiro atoms. The monoisotopic (exact) mass is 543 g/mol. The summed E-state index contributed by atoms with van der Waals surface area (Å²) in [6.07, 6.45) is 4.95. The number of para-hydroxylation sites is 1. The summed E-state index contributed by atoms with van der Waals surface area (Å²) in [7, 11) is 1.79. The Labute approximate surface area is 206 Å². The molecule has 32 heavy (non-hydrogen) atoms. The van der Waals surface area contributed by atoms with Crippen LogP contribution in [0.25, 0.3) is 11.3 Å². The van der Waals surface area contributed by atoms with E-state index in [9.17, 15) is 0 Å². The lowest BCUT2D eigenvalue weighted by Crippen LogP contribution is -2.38. The van der Waals surface area contributed by atoms with Crippen molar-refractivity contribution in [3.63, 3.8) is 0 Å². The lowest BCUT2D eigenvalue weighted by molar-refractivity contribution is 0.771. The molecule has 1 aromatic carbocycles. The fourth-order valence-corrected chi connectivity index (χ4v) is 3.77. The van der Waals surface area contributed by atoms with Gasteiger partial charge in [0.2, 0.25) is 0 Å². The molecule has 0 amide bonds. The Balaban J connectivity index is 0.00000289. The molecule has 0 radical (unpaired) electrons. The SMILES string of the molecule is CN=C(NCCc1cn2cccc(C)c2n1)NCc1ccccc1-n1nc(C)cc1C.I. The molecule has 0 aliphatic heterocycles. The zero-order valence-corrected chi connectivity index (χ0v) is 21.3. The van der Waals surface area contributed by atoms with E-state index in [-0.39, 0.29) is 24.0 Å². The summed E-state index contributed by atoms with van der Waals surface area (Å²) in [6.45, 7) is 7.58. The van der Waals surface area contributed by atoms with E-state index in [0.717, 1.165) is 52.9 Å². The Morgan fingerprint density at radius 3 is 2.59 bits per heavy atom. The number of guanidine groups is 1. The average Bonchev–Trinajstić information content (AvgIpc) is 3.33. The van der Waals surface area contributed by atoms with Gasteiger partial charge in [0.05, 0.1) is 17.1 Å². The third-order valence-corrected chi connectivity index (χ3v) is 5.30. The molecule has 0 unspecified atom stereocenters. The van der Waals surface area contributed by atoms with Gasteiger partial charge in [-0.05, 0) is 50.1 Å². The maximum absolute atomic E-state index is 4.74. The van der Waals surface area contributed by atoms with E-state index >= 15 is 0 Å². The summed E-state index contributed by atoms with van der Waals surface area (Å²) in [5.41, 5.74) is 7.63. The van der Waals surface area contributed by atoms with Crippen LogP contribution in [0.1, 0.15) is 28.2 Å². The highest BCUT2D eigenvalue weighted by atomic mass is 127. The third kappa shape index (κ3) is 5.29. The van der Waals surface area contributed by atoms with Gasteiger partial charge in [-0.3, -0.25) is 4.99 Å². The van der Waals surface area contributed by atoms with Gasteiger partial charge in [0.15, 0.2) is 5.96 Å². The van der Waals surface area contributed by atoms with Gasteiger partial charge in [-0.15, -0.1) is 24.0 Å². The fraction of sp³-hybridized carbons (Fsp3) is 0.292. The van der Waals surface area contributed by atoms with E-state index in [1.54, 1.807) is 7.05 Å². The summed E-state index contributed by atoms with van der Waals surface area (Å²) >= 11 is 0. The first kappa shape index (κ1) is 23.8. The molecule has 0 saturated carbocycles. The molecular formula is C24H30IN7. The normalized spacial score (nSPS) is 11.4. The van der Waals surface area contributed by atoms with E-state index in [0.29, 0.717) is 6.54 Å². The molecule has 0 atom stereocenters. The number of nitrogens with zero attached hydrogens (tertiary/aromatic N) is 5. The Morgan fingerprint density at radius 1 is 1.06 bits per heavy atom. The highest BCUT2D eigenvalue weighted by Gasteiger charge is 2.09. The smallest absolute Gasteiger partial charge is 0.191 e. The number of fused-ring (bicyclic) bond motifs is 1. The number of aromatic nitrogens is 4. The molecule has 0 saturated heterocycles. The van der Waals surface area contributed by atoms with Gasteiger partial charge in [0, 0.05) is 44.6 Å². The van der Waals surface area contributed by atoms with Gasteiger partial charge in [-0.2, -0.15) is 5.10 Å². The van der Waals surface area contributed by atoms with Gasteiger partial charge in [-0.1, -0.05) is 24.3 Å². The van der Waals surface area contributed by atoms with Crippen LogP contribution in [0.2, 0.25) is 0 Å². The largest absolute Gasteiger partial charge is 0.356 e. The Bertz CT molecular complexity index is 1220. The number of aryl methyl sites for hydroxylation is 3. The number of rotatable bonds is 6. The van der Waals surface area contributed by atoms with Crippen molar-refractivity contribution in [1.82, 2.24) is 29.8 Å². The van der Waals surface area contributed by atoms with Crippen molar-refractivity contribution in [3.8, 4) is 5.69 Å². The van der Waals surface area contributed by atoms with Crippen molar-refractivity contribution in [1.29, 1.82) is 0 Å². The van der Waals surface area contributed by atoms with Gasteiger partial charge < -0.3 is 15.0 Å². The lowest BCUT2D eigenvalue weighted by atomic mass is 10.1. The molecule has 3 aromatic heterocycles. The summed E-state index contributed by atoms with van der Waals surface area (Å²) in [5.74, 6) is 0.767. The molecule has 0 aliphatic carbocycles. The number of imidazole rings is 1. The van der Waals surface area contributed by atoms with Crippen LogP contribution in [-0.4, -0.2) is 38.7 Å². The van der Waals surface area contributed by atoms with Crippen LogP contribution in [0.4, 0.5) is 0 Å². The van der Waals surface area contributed by atoms with E-state index in [4.69, 9.17) is 4.98 Å². The van der Waals surface area contributed by atoms with Crippen molar-refractivity contribution >= 4 is 35.6 Å². The molecule has 0 bridgehead atoms. The highest BCUT2D eigenvalue weighted by molar-refractivity contribution is 14.0. The zero-order valence-electron chi connectivity index (χ0n) is 19.0. The quantitative estimate of drug-likeness (QED) is 0.220. The maximum atomic E-state index is 4.74. The van der Waals surface area contributed by atoms with Crippen LogP contribution in [-0.2, 0) is 13.0 Å². The second-order valence-corrected chi connectivity index (χ2v) is 7.72. The average molecular weight is 543 g/mol. The summed E-state index contributed by atoms with van der Waals surface area (Å²) in [6, 6.07) is 14.5. The Morgan fingerprint density at radius 2 is 1.88 bits per heavy atom. The molecule has 2 N–H and O–H groups in total. The van der Waals surface area contributed by atoms with Crippen LogP contribution in [0.15, 0.2) is 59.9 Å². The minimum atomic E-state index is 0. The predicted molar refractivity (Wildman–Crippen MR) is 140 cm³/mol. The van der Waals surface area contributed by atoms with Gasteiger partial charge in [0.1, 0.15) is 5.65 Å². The van der Waals surface area contributed by atoms with Crippen LogP contribution >= 0.6 is 24.0 Å². The predicted octanol–water partition coefficient (Wildman–Crippen LogP) is 3.97. The van der Waals surface area contributed by atoms with Crippen LogP contribution in [0.5, 0.6) is 0 Å². The van der Waals surface area contributed by atoms with Crippen LogP contribution in [0.3, 0.4) is 0 Å². The fourth-order valence-electron chi connectivity index (χ4n) is 3.77. The minimum absolute atomic E-state index is 0. The van der Waals surface area contributed by atoms with Crippen LogP contribution < -0.4 is 10.6 Å². The Hall–Kier alpha value is -2.88. The Kier molecular flexibility index (Phi) is 7.89. The number of halogens is 1. The third-order valence-electron chi connectivity index (χ3n) is 5.30. The molecule has 7 nitrogen and oxygen atoms in total. The van der Waals surface area contributed by atoms with Gasteiger partial charge in [-0.25, -0.2) is 9.67 Å². The van der Waals surface area contributed by atoms with E-state index in [2.05, 4.69) is 69.4 Å². The van der Waals surface area contributed by atoms with Crippen molar-refractivity contribution in [2.24, 2.45) is 4.99 Å². The van der Waals surface area contributed by atoms with Crippen molar-refractivity contribution < 1.29 is 0 Å². The maximum Gasteiger partial charge on any atom is 0.191 e. The minimum Gasteiger partial charge on any atom is -0.356 e. The topological polar surface area (TPSA) is 71.5 Å². The second kappa shape index (κ2) is 10.6. The molecule has 0 fully saturated rings. The molecule has 3 heterocycles. The standard InChI is InChI=1S/C24H29N7.HI/c1-17-8-7-13-30-16-21(28-23(17)30)11-12-26-24(25-4)27-15-20-9-5-6-10-22(20)31-19(3)14-18(2)29-31;/h5-10,13-14,16H,11-12,15H2,1-4H3,(H2,25,26,27);1H. The zero-order chi connectivity index (χ0) is 21.8. The van der Waals surface area contributed by atoms with Crippen molar-refractivity contribution in [3.05, 3.63) is 83.1 Å². The molecule has 8 heteroatoms. The molecule has 4 rings (SSSR count). The number of hydrogen-bond acceptors (Lipinski definition) is 3. The lowest BCUT2D eigenvalue weighted by Gasteiger charge is -2.15. The summed E-state index contributed by atoms with van der Waals surface area (Å²) in [4.78, 5) is 9.10. The first-order valence-corrected chi connectivity index (χ1v) is 10.5. The number of hydrogen-bond donors (Lipinski definition) is 2. The summed E-state index contributed by atoms with van der Waals surface area (Å²) < 4.78 is 4.07. The molecule has 4 aromatic rings. The van der Waals surface area contributed by atoms with Crippen molar-refractivity contribution in [2.75, 3.05) is 13.6 Å². The van der Waals surface area contributed by atoms with Crippen LogP contribution in [0, 0.1) is 20.8 Å². The van der Waals surface area contributed by atoms with Crippen molar-refractivity contribution in [2.45, 2.75) is 33.7 Å². The number of nitrogens with one attached hydrogen (secondary N) is 2. The first-order chi connectivity index (χ1) is 15.0. The number of aliphatic imine (C=N–C) groups is 1. The van der Waals surface area contributed by atoms with Gasteiger partial charge in [0.25, 0.3) is 0 Å². The number of benzene rings is 1. The molecule has 168 valence electrons. The number of pyridine rings is 1.